The maximum Gasteiger partial charge on any atom is 0.371 e. The molecule has 2 N–H and O–H groups in total. The molecule has 2 rings (SSSR count). The van der Waals surface area contributed by atoms with E-state index in [2.05, 4.69) is 15.2 Å². The van der Waals surface area contributed by atoms with E-state index >= 15 is 0 Å². The second-order valence-electron chi connectivity index (χ2n) is 2.98. The van der Waals surface area contributed by atoms with Gasteiger partial charge in [0.15, 0.2) is 0 Å². The van der Waals surface area contributed by atoms with Crippen molar-refractivity contribution in [2.45, 2.75) is 10.8 Å². The molecule has 2 aromatic heterocycles. The van der Waals surface area contributed by atoms with Crippen molar-refractivity contribution >= 4 is 17.7 Å². The van der Waals surface area contributed by atoms with E-state index in [1.807, 2.05) is 0 Å². The maximum atomic E-state index is 10.9. The summed E-state index contributed by atoms with van der Waals surface area (Å²) in [6.07, 6.45) is 1.41. The molecule has 0 aromatic carbocycles. The maximum absolute atomic E-state index is 10.9. The van der Waals surface area contributed by atoms with E-state index in [0.717, 1.165) is 0 Å². The van der Waals surface area contributed by atoms with Crippen LogP contribution in [0.4, 0.5) is 0 Å². The van der Waals surface area contributed by atoms with Crippen LogP contribution in [0.15, 0.2) is 32.6 Å². The van der Waals surface area contributed by atoms with E-state index in [1.165, 1.54) is 24.0 Å². The smallest absolute Gasteiger partial charge is 0.371 e. The number of hydrogen-bond donors (Lipinski definition) is 2. The number of rotatable bonds is 4. The highest BCUT2D eigenvalue weighted by atomic mass is 32.2. The molecular formula is C9H7N3O4S. The Balaban J connectivity index is 2.02. The fourth-order valence-electron chi connectivity index (χ4n) is 1.08. The van der Waals surface area contributed by atoms with Gasteiger partial charge in [-0.25, -0.2) is 14.7 Å². The Hall–Kier alpha value is -2.09. The summed E-state index contributed by atoms with van der Waals surface area (Å²) in [6.45, 7) is 0. The van der Waals surface area contributed by atoms with Crippen LogP contribution in [0, 0.1) is 0 Å². The minimum Gasteiger partial charge on any atom is -0.475 e. The third kappa shape index (κ3) is 2.94. The molecule has 0 aliphatic carbocycles. The number of nitrogens with one attached hydrogen (secondary N) is 1. The molecule has 0 unspecified atom stereocenters. The Bertz CT molecular complexity index is 592. The summed E-state index contributed by atoms with van der Waals surface area (Å²) in [6, 6.07) is 2.94. The first-order chi connectivity index (χ1) is 8.15. The molecule has 2 aromatic rings. The largest absolute Gasteiger partial charge is 0.475 e. The minimum absolute atomic E-state index is 0.113. The van der Waals surface area contributed by atoms with Gasteiger partial charge in [0.05, 0.1) is 11.9 Å². The molecule has 0 saturated heterocycles. The van der Waals surface area contributed by atoms with Crippen LogP contribution in [-0.2, 0) is 5.75 Å². The monoisotopic (exact) mass is 253 g/mol. The van der Waals surface area contributed by atoms with E-state index in [1.54, 1.807) is 6.07 Å². The standard InChI is InChI=1S/C9H7N3O4S/c13-8(14)6-2-1-5(16-6)4-17-7-3-10-12-9(15)11-7/h1-3H,4H2,(H,13,14)(H,11,12,15). The molecular weight excluding hydrogens is 246 g/mol. The zero-order valence-electron chi connectivity index (χ0n) is 8.41. The predicted octanol–water partition coefficient (Wildman–Crippen LogP) is 0.748. The van der Waals surface area contributed by atoms with Crippen molar-refractivity contribution in [1.82, 2.24) is 15.2 Å². The lowest BCUT2D eigenvalue weighted by atomic mass is 10.4. The number of aromatic amines is 1. The van der Waals surface area contributed by atoms with Gasteiger partial charge in [-0.15, -0.1) is 0 Å². The summed E-state index contributed by atoms with van der Waals surface area (Å²) >= 11 is 1.23. The van der Waals surface area contributed by atoms with Crippen LogP contribution in [0.25, 0.3) is 0 Å². The normalized spacial score (nSPS) is 10.4. The van der Waals surface area contributed by atoms with E-state index < -0.39 is 11.7 Å². The molecule has 0 amide bonds. The third-order valence-corrected chi connectivity index (χ3v) is 2.70. The Morgan fingerprint density at radius 3 is 3.00 bits per heavy atom. The van der Waals surface area contributed by atoms with Gasteiger partial charge in [-0.05, 0) is 12.1 Å². The highest BCUT2D eigenvalue weighted by Gasteiger charge is 2.09. The topological polar surface area (TPSA) is 109 Å². The number of carboxylic acids is 1. The summed E-state index contributed by atoms with van der Waals surface area (Å²) in [4.78, 5) is 25.1. The quantitative estimate of drug-likeness (QED) is 0.773. The van der Waals surface area contributed by atoms with Crippen LogP contribution < -0.4 is 5.69 Å². The third-order valence-electron chi connectivity index (χ3n) is 1.78. The number of H-pyrrole nitrogens is 1. The van der Waals surface area contributed by atoms with Gasteiger partial charge in [0.1, 0.15) is 10.8 Å². The lowest BCUT2D eigenvalue weighted by Gasteiger charge is -1.96. The molecule has 0 fully saturated rings. The number of furan rings is 1. The molecule has 0 radical (unpaired) electrons. The lowest BCUT2D eigenvalue weighted by Crippen LogP contribution is -2.11. The van der Waals surface area contributed by atoms with Crippen molar-refractivity contribution in [2.75, 3.05) is 0 Å². The van der Waals surface area contributed by atoms with Gasteiger partial charge in [0.25, 0.3) is 0 Å². The molecule has 0 bridgehead atoms. The summed E-state index contributed by atoms with van der Waals surface area (Å²) < 4.78 is 5.04. The average molecular weight is 253 g/mol. The Labute approximate surface area is 98.9 Å². The number of thioether (sulfide) groups is 1. The van der Waals surface area contributed by atoms with Gasteiger partial charge in [0, 0.05) is 0 Å². The fraction of sp³-hybridized carbons (Fsp3) is 0.111. The van der Waals surface area contributed by atoms with E-state index in [9.17, 15) is 9.59 Å². The summed E-state index contributed by atoms with van der Waals surface area (Å²) in [5.74, 6) is -0.352. The molecule has 17 heavy (non-hydrogen) atoms. The number of hydrogen-bond acceptors (Lipinski definition) is 6. The highest BCUT2D eigenvalue weighted by Crippen LogP contribution is 2.20. The van der Waals surface area contributed by atoms with Gasteiger partial charge in [-0.2, -0.15) is 10.1 Å². The minimum atomic E-state index is -1.11. The second kappa shape index (κ2) is 4.83. The molecule has 0 saturated carbocycles. The first kappa shape index (κ1) is 11.4. The number of carbonyl (C=O) groups is 1. The summed E-state index contributed by atoms with van der Waals surface area (Å²) in [5.41, 5.74) is -0.527. The van der Waals surface area contributed by atoms with Gasteiger partial charge in [-0.1, -0.05) is 11.8 Å². The van der Waals surface area contributed by atoms with Crippen LogP contribution in [0.5, 0.6) is 0 Å². The first-order valence-corrected chi connectivity index (χ1v) is 5.50. The SMILES string of the molecule is O=C(O)c1ccc(CSc2cn[nH]c(=O)n2)o1. The van der Waals surface area contributed by atoms with Crippen molar-refractivity contribution < 1.29 is 14.3 Å². The van der Waals surface area contributed by atoms with E-state index in [4.69, 9.17) is 9.52 Å². The predicted molar refractivity (Wildman–Crippen MR) is 57.9 cm³/mol. The molecule has 0 aliphatic heterocycles. The number of aromatic carboxylic acids is 1. The molecule has 0 atom stereocenters. The van der Waals surface area contributed by atoms with Crippen molar-refractivity contribution in [3.63, 3.8) is 0 Å². The fourth-order valence-corrected chi connectivity index (χ4v) is 1.80. The van der Waals surface area contributed by atoms with Crippen LogP contribution in [0.1, 0.15) is 16.3 Å². The van der Waals surface area contributed by atoms with E-state index in [-0.39, 0.29) is 5.76 Å². The first-order valence-electron chi connectivity index (χ1n) is 4.51. The van der Waals surface area contributed by atoms with Gasteiger partial charge in [0.2, 0.25) is 5.76 Å². The number of aromatic nitrogens is 3. The van der Waals surface area contributed by atoms with Crippen molar-refractivity contribution in [3.8, 4) is 0 Å². The van der Waals surface area contributed by atoms with Gasteiger partial charge in [-0.3, -0.25) is 0 Å². The van der Waals surface area contributed by atoms with E-state index in [0.29, 0.717) is 16.5 Å². The number of nitrogens with zero attached hydrogens (tertiary/aromatic N) is 2. The average Bonchev–Trinajstić information content (AvgIpc) is 2.75. The van der Waals surface area contributed by atoms with Crippen LogP contribution in [-0.4, -0.2) is 26.3 Å². The van der Waals surface area contributed by atoms with Gasteiger partial charge < -0.3 is 9.52 Å². The molecule has 0 aliphatic rings. The molecule has 8 heteroatoms. The second-order valence-corrected chi connectivity index (χ2v) is 3.98. The Morgan fingerprint density at radius 1 is 1.53 bits per heavy atom. The summed E-state index contributed by atoms with van der Waals surface area (Å²) in [5, 5.41) is 14.8. The van der Waals surface area contributed by atoms with Crippen LogP contribution >= 0.6 is 11.8 Å². The molecule has 88 valence electrons. The van der Waals surface area contributed by atoms with Crippen LogP contribution in [0.2, 0.25) is 0 Å². The summed E-state index contributed by atoms with van der Waals surface area (Å²) in [7, 11) is 0. The van der Waals surface area contributed by atoms with Gasteiger partial charge >= 0.3 is 11.7 Å². The Morgan fingerprint density at radius 2 is 2.35 bits per heavy atom. The van der Waals surface area contributed by atoms with Crippen molar-refractivity contribution in [1.29, 1.82) is 0 Å². The van der Waals surface area contributed by atoms with Crippen molar-refractivity contribution in [3.05, 3.63) is 40.3 Å². The zero-order valence-corrected chi connectivity index (χ0v) is 9.23. The lowest BCUT2D eigenvalue weighted by molar-refractivity contribution is 0.0661. The number of carboxylic acid groups (broad SMARTS) is 1. The van der Waals surface area contributed by atoms with Crippen LogP contribution in [0.3, 0.4) is 0 Å². The molecule has 0 spiro atoms. The molecule has 7 nitrogen and oxygen atoms in total. The zero-order chi connectivity index (χ0) is 12.3. The Kier molecular flexibility index (Phi) is 3.24. The molecule has 2 heterocycles. The highest BCUT2D eigenvalue weighted by molar-refractivity contribution is 7.98. The van der Waals surface area contributed by atoms with Crippen molar-refractivity contribution in [2.24, 2.45) is 0 Å².